The first-order valence-electron chi connectivity index (χ1n) is 7.17. The topological polar surface area (TPSA) is 39.7 Å². The van der Waals surface area contributed by atoms with Crippen LogP contribution >= 0.6 is 11.6 Å². The van der Waals surface area contributed by atoms with Crippen LogP contribution in [0.15, 0.2) is 12.1 Å². The molecule has 3 rings (SSSR count). The predicted octanol–water partition coefficient (Wildman–Crippen LogP) is 2.94. The lowest BCUT2D eigenvalue weighted by Gasteiger charge is -2.24. The van der Waals surface area contributed by atoms with Crippen LogP contribution in [0.4, 0.5) is 0 Å². The predicted molar refractivity (Wildman–Crippen MR) is 77.8 cm³/mol. The van der Waals surface area contributed by atoms with Crippen molar-refractivity contribution in [1.29, 1.82) is 0 Å². The maximum atomic E-state index is 6.44. The first-order chi connectivity index (χ1) is 9.79. The van der Waals surface area contributed by atoms with Gasteiger partial charge in [-0.2, -0.15) is 0 Å². The number of halogens is 1. The molecule has 2 aliphatic heterocycles. The summed E-state index contributed by atoms with van der Waals surface area (Å²) in [5, 5.41) is 4.02. The van der Waals surface area contributed by atoms with Crippen LogP contribution in [0.1, 0.15) is 30.9 Å². The highest BCUT2D eigenvalue weighted by Crippen LogP contribution is 2.39. The summed E-state index contributed by atoms with van der Waals surface area (Å²) in [6.07, 6.45) is 3.21. The van der Waals surface area contributed by atoms with Gasteiger partial charge in [0.1, 0.15) is 0 Å². The Morgan fingerprint density at radius 2 is 1.90 bits per heavy atom. The fourth-order valence-electron chi connectivity index (χ4n) is 2.85. The van der Waals surface area contributed by atoms with Gasteiger partial charge in [-0.25, -0.2) is 0 Å². The molecule has 1 aromatic rings. The average molecular weight is 298 g/mol. The van der Waals surface area contributed by atoms with E-state index in [4.69, 9.17) is 25.8 Å². The van der Waals surface area contributed by atoms with Gasteiger partial charge in [-0.3, -0.25) is 0 Å². The Kier molecular flexibility index (Phi) is 4.34. The second kappa shape index (κ2) is 6.20. The van der Waals surface area contributed by atoms with E-state index in [0.717, 1.165) is 42.9 Å². The molecule has 0 radical (unpaired) electrons. The van der Waals surface area contributed by atoms with Crippen LogP contribution in [0.2, 0.25) is 5.02 Å². The minimum atomic E-state index is 0.0853. The zero-order valence-corrected chi connectivity index (χ0v) is 12.4. The first-order valence-corrected chi connectivity index (χ1v) is 7.55. The summed E-state index contributed by atoms with van der Waals surface area (Å²) >= 11 is 6.44. The lowest BCUT2D eigenvalue weighted by molar-refractivity contribution is 0.0807. The van der Waals surface area contributed by atoms with Crippen LogP contribution in [0.3, 0.4) is 0 Å². The summed E-state index contributed by atoms with van der Waals surface area (Å²) in [6, 6.07) is 3.94. The summed E-state index contributed by atoms with van der Waals surface area (Å²) in [4.78, 5) is 0. The van der Waals surface area contributed by atoms with Crippen molar-refractivity contribution in [3.05, 3.63) is 22.7 Å². The van der Waals surface area contributed by atoms with Gasteiger partial charge in [0, 0.05) is 24.1 Å². The highest BCUT2D eigenvalue weighted by Gasteiger charge is 2.29. The maximum Gasteiger partial charge on any atom is 0.162 e. The van der Waals surface area contributed by atoms with E-state index >= 15 is 0 Å². The van der Waals surface area contributed by atoms with E-state index in [0.29, 0.717) is 18.2 Å². The molecule has 20 heavy (non-hydrogen) atoms. The smallest absolute Gasteiger partial charge is 0.162 e. The van der Waals surface area contributed by atoms with Crippen LogP contribution in [-0.2, 0) is 4.74 Å². The Balaban J connectivity index is 1.93. The number of benzene rings is 1. The molecule has 5 heteroatoms. The lowest BCUT2D eigenvalue weighted by atomic mass is 9.99. The second-order valence-corrected chi connectivity index (χ2v) is 5.60. The third-order valence-electron chi connectivity index (χ3n) is 3.85. The van der Waals surface area contributed by atoms with E-state index in [-0.39, 0.29) is 12.1 Å². The van der Waals surface area contributed by atoms with E-state index in [9.17, 15) is 0 Å². The number of nitrogens with one attached hydrogen (secondary N) is 1. The van der Waals surface area contributed by atoms with Gasteiger partial charge in [0.2, 0.25) is 0 Å². The van der Waals surface area contributed by atoms with Crippen LogP contribution in [0.25, 0.3) is 0 Å². The normalized spacial score (nSPS) is 23.4. The molecular weight excluding hydrogens is 278 g/mol. The minimum absolute atomic E-state index is 0.0853. The molecule has 1 fully saturated rings. The van der Waals surface area contributed by atoms with Crippen molar-refractivity contribution in [2.45, 2.75) is 31.4 Å². The van der Waals surface area contributed by atoms with Crippen molar-refractivity contribution >= 4 is 11.6 Å². The van der Waals surface area contributed by atoms with Crippen molar-refractivity contribution in [3.63, 3.8) is 0 Å². The Morgan fingerprint density at radius 1 is 1.15 bits per heavy atom. The number of hydrogen-bond donors (Lipinski definition) is 1. The van der Waals surface area contributed by atoms with Gasteiger partial charge in [0.05, 0.1) is 25.4 Å². The van der Waals surface area contributed by atoms with Crippen molar-refractivity contribution in [1.82, 2.24) is 5.32 Å². The third kappa shape index (κ3) is 2.73. The first kappa shape index (κ1) is 14.0. The zero-order valence-electron chi connectivity index (χ0n) is 11.7. The van der Waals surface area contributed by atoms with Gasteiger partial charge in [-0.1, -0.05) is 11.6 Å². The van der Waals surface area contributed by atoms with Crippen LogP contribution < -0.4 is 14.8 Å². The molecule has 1 N–H and O–H groups in total. The Morgan fingerprint density at radius 3 is 2.55 bits per heavy atom. The monoisotopic (exact) mass is 297 g/mol. The molecule has 2 aliphatic rings. The van der Waals surface area contributed by atoms with Crippen molar-refractivity contribution in [2.24, 2.45) is 0 Å². The van der Waals surface area contributed by atoms with Gasteiger partial charge < -0.3 is 19.5 Å². The molecule has 1 aromatic carbocycles. The molecule has 110 valence electrons. The SMILES string of the molecule is CNC(c1cc2c(cc1Cl)OCCCO2)C1CCCO1. The highest BCUT2D eigenvalue weighted by atomic mass is 35.5. The van der Waals surface area contributed by atoms with Crippen LogP contribution in [0.5, 0.6) is 11.5 Å². The van der Waals surface area contributed by atoms with Crippen LogP contribution in [0, 0.1) is 0 Å². The van der Waals surface area contributed by atoms with E-state index in [1.807, 2.05) is 19.2 Å². The standard InChI is InChI=1S/C15H20ClNO3/c1-17-15(12-4-2-5-18-12)10-8-13-14(9-11(10)16)20-7-3-6-19-13/h8-9,12,15,17H,2-7H2,1H3. The molecule has 2 unspecified atom stereocenters. The van der Waals surface area contributed by atoms with E-state index in [1.165, 1.54) is 0 Å². The van der Waals surface area contributed by atoms with Gasteiger partial charge in [0.15, 0.2) is 11.5 Å². The van der Waals surface area contributed by atoms with Gasteiger partial charge in [0.25, 0.3) is 0 Å². The quantitative estimate of drug-likeness (QED) is 0.931. The van der Waals surface area contributed by atoms with Gasteiger partial charge in [-0.15, -0.1) is 0 Å². The third-order valence-corrected chi connectivity index (χ3v) is 4.18. The zero-order chi connectivity index (χ0) is 13.9. The van der Waals surface area contributed by atoms with Crippen molar-refractivity contribution in [2.75, 3.05) is 26.9 Å². The molecule has 0 aliphatic carbocycles. The average Bonchev–Trinajstić information content (AvgIpc) is 2.87. The highest BCUT2D eigenvalue weighted by molar-refractivity contribution is 6.31. The van der Waals surface area contributed by atoms with Crippen molar-refractivity contribution in [3.8, 4) is 11.5 Å². The van der Waals surface area contributed by atoms with Gasteiger partial charge in [-0.05, 0) is 31.5 Å². The molecule has 0 aromatic heterocycles. The molecule has 2 heterocycles. The molecular formula is C15H20ClNO3. The summed E-state index contributed by atoms with van der Waals surface area (Å²) < 4.78 is 17.2. The fraction of sp³-hybridized carbons (Fsp3) is 0.600. The number of rotatable bonds is 3. The molecule has 2 atom stereocenters. The fourth-order valence-corrected chi connectivity index (χ4v) is 3.12. The van der Waals surface area contributed by atoms with E-state index in [2.05, 4.69) is 5.32 Å². The minimum Gasteiger partial charge on any atom is -0.490 e. The summed E-state index contributed by atoms with van der Waals surface area (Å²) in [5.41, 5.74) is 1.02. The number of likely N-dealkylation sites (N-methyl/N-ethyl adjacent to an activating group) is 1. The molecule has 1 saturated heterocycles. The summed E-state index contributed by atoms with van der Waals surface area (Å²) in [7, 11) is 1.94. The Bertz CT molecular complexity index is 474. The lowest BCUT2D eigenvalue weighted by Crippen LogP contribution is -2.29. The Labute approximate surface area is 124 Å². The van der Waals surface area contributed by atoms with Crippen molar-refractivity contribution < 1.29 is 14.2 Å². The summed E-state index contributed by atoms with van der Waals surface area (Å²) in [6.45, 7) is 2.17. The molecule has 0 spiro atoms. The maximum absolute atomic E-state index is 6.44. The number of hydrogen-bond acceptors (Lipinski definition) is 4. The number of ether oxygens (including phenoxy) is 3. The molecule has 0 bridgehead atoms. The van der Waals surface area contributed by atoms with Gasteiger partial charge >= 0.3 is 0 Å². The number of fused-ring (bicyclic) bond motifs is 1. The molecule has 4 nitrogen and oxygen atoms in total. The van der Waals surface area contributed by atoms with E-state index in [1.54, 1.807) is 0 Å². The summed E-state index contributed by atoms with van der Waals surface area (Å²) in [5.74, 6) is 1.51. The molecule has 0 amide bonds. The largest absolute Gasteiger partial charge is 0.490 e. The van der Waals surface area contributed by atoms with Crippen LogP contribution in [-0.4, -0.2) is 33.0 Å². The van der Waals surface area contributed by atoms with E-state index < -0.39 is 0 Å². The second-order valence-electron chi connectivity index (χ2n) is 5.19. The Hall–Kier alpha value is -0.970. The molecule has 0 saturated carbocycles.